The number of nitrogens with zero attached hydrogens (tertiary/aromatic N) is 2. The molecule has 3 aliphatic rings. The monoisotopic (exact) mass is 329 g/mol. The molecule has 2 aliphatic heterocycles. The molecule has 1 aliphatic carbocycles. The van der Waals surface area contributed by atoms with Crippen LogP contribution in [-0.4, -0.2) is 60.2 Å². The van der Waals surface area contributed by atoms with Crippen LogP contribution in [0.3, 0.4) is 0 Å². The maximum Gasteiger partial charge on any atom is 0.242 e. The van der Waals surface area contributed by atoms with Gasteiger partial charge in [-0.3, -0.25) is 19.3 Å². The predicted octanol–water partition coefficient (Wildman–Crippen LogP) is 0.405. The fraction of sp³-hybridized carbons (Fsp3) is 0.800. The number of carbonyl (C=O) groups excluding carboxylic acids is 3. The molecule has 2 unspecified atom stereocenters. The molecule has 0 aromatic heterocycles. The molecule has 0 spiro atoms. The number of fused-ring (bicyclic) bond motifs is 1. The smallest absolute Gasteiger partial charge is 0.242 e. The Kier molecular flexibility index (Phi) is 5.81. The topological polar surface area (TPSA) is 69.7 Å². The van der Waals surface area contributed by atoms with Crippen LogP contribution in [0, 0.1) is 11.8 Å². The number of hydrogen-bond acceptors (Lipinski definition) is 4. The van der Waals surface area contributed by atoms with Gasteiger partial charge in [0, 0.05) is 19.6 Å². The summed E-state index contributed by atoms with van der Waals surface area (Å²) in [7, 11) is 0. The Morgan fingerprint density at radius 1 is 1.00 bits per heavy atom. The van der Waals surface area contributed by atoms with Gasteiger partial charge in [-0.15, -0.1) is 12.4 Å². The molecule has 2 atom stereocenters. The van der Waals surface area contributed by atoms with Crippen molar-refractivity contribution in [3.8, 4) is 0 Å². The Labute approximate surface area is 137 Å². The Hall–Kier alpha value is -1.14. The minimum Gasteiger partial charge on any atom is -0.340 e. The largest absolute Gasteiger partial charge is 0.340 e. The van der Waals surface area contributed by atoms with Gasteiger partial charge in [-0.2, -0.15) is 0 Å². The number of amides is 3. The molecule has 7 heteroatoms. The Bertz CT molecular complexity index is 425. The molecule has 6 nitrogen and oxygen atoms in total. The van der Waals surface area contributed by atoms with Crippen molar-refractivity contribution in [2.45, 2.75) is 32.1 Å². The molecule has 124 valence electrons. The van der Waals surface area contributed by atoms with Crippen molar-refractivity contribution < 1.29 is 14.4 Å². The summed E-state index contributed by atoms with van der Waals surface area (Å²) in [5, 5.41) is 3.24. The highest BCUT2D eigenvalue weighted by Gasteiger charge is 2.48. The van der Waals surface area contributed by atoms with Gasteiger partial charge in [0.05, 0.1) is 11.8 Å². The van der Waals surface area contributed by atoms with Crippen LogP contribution in [0.15, 0.2) is 0 Å². The second-order valence-electron chi connectivity index (χ2n) is 6.24. The molecule has 0 aromatic carbocycles. The molecule has 0 radical (unpaired) electrons. The van der Waals surface area contributed by atoms with Crippen molar-refractivity contribution in [3.63, 3.8) is 0 Å². The minimum absolute atomic E-state index is 0. The maximum absolute atomic E-state index is 12.4. The molecule has 1 N–H and O–H groups in total. The van der Waals surface area contributed by atoms with Crippen LogP contribution < -0.4 is 5.32 Å². The number of hydrogen-bond donors (Lipinski definition) is 1. The molecule has 3 fully saturated rings. The summed E-state index contributed by atoms with van der Waals surface area (Å²) in [4.78, 5) is 40.1. The van der Waals surface area contributed by atoms with Crippen LogP contribution in [0.5, 0.6) is 0 Å². The van der Waals surface area contributed by atoms with Crippen LogP contribution in [-0.2, 0) is 14.4 Å². The van der Waals surface area contributed by atoms with E-state index in [2.05, 4.69) is 5.32 Å². The van der Waals surface area contributed by atoms with Crippen LogP contribution in [0.2, 0.25) is 0 Å². The summed E-state index contributed by atoms with van der Waals surface area (Å²) < 4.78 is 0. The number of likely N-dealkylation sites (tertiary alicyclic amines) is 1. The highest BCUT2D eigenvalue weighted by Crippen LogP contribution is 2.37. The first-order valence-corrected chi connectivity index (χ1v) is 8.02. The Morgan fingerprint density at radius 2 is 1.64 bits per heavy atom. The van der Waals surface area contributed by atoms with Gasteiger partial charge < -0.3 is 10.2 Å². The van der Waals surface area contributed by atoms with Gasteiger partial charge in [0.25, 0.3) is 0 Å². The highest BCUT2D eigenvalue weighted by molar-refractivity contribution is 6.07. The van der Waals surface area contributed by atoms with E-state index in [4.69, 9.17) is 0 Å². The molecule has 22 heavy (non-hydrogen) atoms. The normalized spacial score (nSPS) is 28.9. The summed E-state index contributed by atoms with van der Waals surface area (Å²) in [5.41, 5.74) is 0. The zero-order chi connectivity index (χ0) is 14.8. The van der Waals surface area contributed by atoms with Gasteiger partial charge in [-0.25, -0.2) is 0 Å². The summed E-state index contributed by atoms with van der Waals surface area (Å²) >= 11 is 0. The first kappa shape index (κ1) is 17.2. The van der Waals surface area contributed by atoms with Crippen molar-refractivity contribution in [2.75, 3.05) is 32.7 Å². The van der Waals surface area contributed by atoms with Crippen LogP contribution in [0.1, 0.15) is 32.1 Å². The number of carbonyl (C=O) groups is 3. The van der Waals surface area contributed by atoms with Gasteiger partial charge in [0.2, 0.25) is 17.7 Å². The van der Waals surface area contributed by atoms with Gasteiger partial charge in [0.1, 0.15) is 6.54 Å². The molecule has 3 amide bonds. The average molecular weight is 330 g/mol. The van der Waals surface area contributed by atoms with Crippen molar-refractivity contribution in [3.05, 3.63) is 0 Å². The second kappa shape index (κ2) is 7.42. The molecule has 0 bridgehead atoms. The van der Waals surface area contributed by atoms with Gasteiger partial charge in [0.15, 0.2) is 0 Å². The van der Waals surface area contributed by atoms with E-state index in [-0.39, 0.29) is 48.5 Å². The fourth-order valence-corrected chi connectivity index (χ4v) is 3.72. The molecule has 1 saturated carbocycles. The second-order valence-corrected chi connectivity index (χ2v) is 6.24. The molecule has 0 aromatic rings. The van der Waals surface area contributed by atoms with Gasteiger partial charge in [-0.05, 0) is 25.8 Å². The van der Waals surface area contributed by atoms with Crippen LogP contribution in [0.4, 0.5) is 0 Å². The van der Waals surface area contributed by atoms with E-state index in [1.165, 1.54) is 4.90 Å². The molecular weight excluding hydrogens is 306 g/mol. The highest BCUT2D eigenvalue weighted by atomic mass is 35.5. The van der Waals surface area contributed by atoms with E-state index >= 15 is 0 Å². The lowest BCUT2D eigenvalue weighted by Crippen LogP contribution is -2.44. The van der Waals surface area contributed by atoms with Gasteiger partial charge in [-0.1, -0.05) is 12.8 Å². The maximum atomic E-state index is 12.4. The van der Waals surface area contributed by atoms with Crippen LogP contribution in [0.25, 0.3) is 0 Å². The van der Waals surface area contributed by atoms with Gasteiger partial charge >= 0.3 is 0 Å². The third kappa shape index (κ3) is 3.27. The Morgan fingerprint density at radius 3 is 2.27 bits per heavy atom. The Balaban J connectivity index is 0.00000176. The SMILES string of the molecule is Cl.O=C(CN1C(=O)C2CCCCC2C1=O)N1CCCNCC1. The molecule has 2 heterocycles. The summed E-state index contributed by atoms with van der Waals surface area (Å²) in [6.45, 7) is 2.98. The number of rotatable bonds is 2. The molecule has 2 saturated heterocycles. The van der Waals surface area contributed by atoms with Crippen LogP contribution >= 0.6 is 12.4 Å². The van der Waals surface area contributed by atoms with Crippen molar-refractivity contribution >= 4 is 30.1 Å². The first-order chi connectivity index (χ1) is 10.2. The molecule has 3 rings (SSSR count). The van der Waals surface area contributed by atoms with E-state index in [0.717, 1.165) is 45.2 Å². The van der Waals surface area contributed by atoms with Crippen molar-refractivity contribution in [2.24, 2.45) is 11.8 Å². The molecular formula is C15H24ClN3O3. The number of imide groups is 1. The lowest BCUT2D eigenvalue weighted by molar-refractivity contribution is -0.146. The standard InChI is InChI=1S/C15H23N3O3.ClH/c19-13(17-8-3-6-16-7-9-17)10-18-14(20)11-4-1-2-5-12(11)15(18)21;/h11-12,16H,1-10H2;1H. The third-order valence-electron chi connectivity index (χ3n) is 4.92. The summed E-state index contributed by atoms with van der Waals surface area (Å²) in [6, 6.07) is 0. The predicted molar refractivity (Wildman–Crippen MR) is 83.5 cm³/mol. The van der Waals surface area contributed by atoms with Crippen molar-refractivity contribution in [1.29, 1.82) is 0 Å². The first-order valence-electron chi connectivity index (χ1n) is 8.02. The number of nitrogens with one attached hydrogen (secondary N) is 1. The minimum atomic E-state index is -0.162. The van der Waals surface area contributed by atoms with E-state index in [1.807, 2.05) is 0 Å². The van der Waals surface area contributed by atoms with E-state index in [0.29, 0.717) is 13.1 Å². The third-order valence-corrected chi connectivity index (χ3v) is 4.92. The lowest BCUT2D eigenvalue weighted by atomic mass is 9.81. The zero-order valence-corrected chi connectivity index (χ0v) is 13.6. The van der Waals surface area contributed by atoms with E-state index in [1.54, 1.807) is 4.90 Å². The zero-order valence-electron chi connectivity index (χ0n) is 12.8. The fourth-order valence-electron chi connectivity index (χ4n) is 3.72. The van der Waals surface area contributed by atoms with E-state index in [9.17, 15) is 14.4 Å². The lowest BCUT2D eigenvalue weighted by Gasteiger charge is -2.23. The number of halogens is 1. The van der Waals surface area contributed by atoms with Crippen molar-refractivity contribution in [1.82, 2.24) is 15.1 Å². The summed E-state index contributed by atoms with van der Waals surface area (Å²) in [6.07, 6.45) is 4.54. The summed E-state index contributed by atoms with van der Waals surface area (Å²) in [5.74, 6) is -0.661. The quantitative estimate of drug-likeness (QED) is 0.745. The average Bonchev–Trinajstić information content (AvgIpc) is 2.72. The van der Waals surface area contributed by atoms with E-state index < -0.39 is 0 Å².